The van der Waals surface area contributed by atoms with Crippen LogP contribution >= 0.6 is 11.6 Å². The molecule has 0 aliphatic rings. The number of fused-ring (bicyclic) bond motifs is 1. The fraction of sp³-hybridized carbons (Fsp3) is 0.429. The normalized spacial score (nSPS) is 11.8. The summed E-state index contributed by atoms with van der Waals surface area (Å²) in [5.74, 6) is 1.47. The number of aromatic nitrogens is 2. The van der Waals surface area contributed by atoms with Gasteiger partial charge in [0.1, 0.15) is 17.1 Å². The molecule has 5 nitrogen and oxygen atoms in total. The Morgan fingerprint density at radius 3 is 2.75 bits per heavy atom. The van der Waals surface area contributed by atoms with Crippen LogP contribution in [0.4, 0.5) is 0 Å². The van der Waals surface area contributed by atoms with Crippen LogP contribution in [0.5, 0.6) is 5.75 Å². The highest BCUT2D eigenvalue weighted by Gasteiger charge is 2.31. The van der Waals surface area contributed by atoms with Crippen molar-refractivity contribution in [1.82, 2.24) is 9.55 Å². The topological polar surface area (TPSA) is 70.1 Å². The third-order valence-electron chi connectivity index (χ3n) is 3.41. The van der Waals surface area contributed by atoms with Gasteiger partial charge in [-0.05, 0) is 26.0 Å². The lowest BCUT2D eigenvalue weighted by Crippen LogP contribution is -2.42. The van der Waals surface area contributed by atoms with Crippen LogP contribution in [0, 0.1) is 0 Å². The number of halogens is 1. The molecule has 0 spiro atoms. The van der Waals surface area contributed by atoms with Crippen molar-refractivity contribution < 1.29 is 9.53 Å². The van der Waals surface area contributed by atoms with Gasteiger partial charge in [0, 0.05) is 18.4 Å². The van der Waals surface area contributed by atoms with Crippen LogP contribution < -0.4 is 10.5 Å². The number of amides is 1. The Labute approximate surface area is 122 Å². The number of imidazole rings is 1. The van der Waals surface area contributed by atoms with Crippen molar-refractivity contribution in [3.8, 4) is 5.75 Å². The van der Waals surface area contributed by atoms with Crippen molar-refractivity contribution in [2.45, 2.75) is 25.8 Å². The van der Waals surface area contributed by atoms with Gasteiger partial charge in [-0.25, -0.2) is 4.98 Å². The van der Waals surface area contributed by atoms with Crippen LogP contribution in [0.25, 0.3) is 11.0 Å². The van der Waals surface area contributed by atoms with Gasteiger partial charge in [0.15, 0.2) is 0 Å². The number of aryl methyl sites for hydroxylation is 1. The Bertz CT molecular complexity index is 649. The number of ether oxygens (including phenoxy) is 1. The summed E-state index contributed by atoms with van der Waals surface area (Å²) >= 11 is 5.83. The van der Waals surface area contributed by atoms with E-state index in [1.165, 1.54) is 0 Å². The number of rotatable bonds is 5. The molecule has 0 fully saturated rings. The monoisotopic (exact) mass is 295 g/mol. The number of carbonyl (C=O) groups is 1. The zero-order valence-electron chi connectivity index (χ0n) is 11.8. The van der Waals surface area contributed by atoms with Crippen molar-refractivity contribution in [3.63, 3.8) is 0 Å². The first kappa shape index (κ1) is 14.7. The van der Waals surface area contributed by atoms with Gasteiger partial charge >= 0.3 is 0 Å². The highest BCUT2D eigenvalue weighted by Crippen LogP contribution is 2.28. The largest absolute Gasteiger partial charge is 0.497 e. The average Bonchev–Trinajstić information content (AvgIpc) is 2.76. The van der Waals surface area contributed by atoms with Crippen LogP contribution in [0.3, 0.4) is 0 Å². The first-order valence-corrected chi connectivity index (χ1v) is 6.87. The Kier molecular flexibility index (Phi) is 3.90. The summed E-state index contributed by atoms with van der Waals surface area (Å²) in [5.41, 5.74) is 6.26. The summed E-state index contributed by atoms with van der Waals surface area (Å²) in [6.45, 7) is 3.55. The molecule has 20 heavy (non-hydrogen) atoms. The van der Waals surface area contributed by atoms with E-state index in [0.29, 0.717) is 12.3 Å². The van der Waals surface area contributed by atoms with Gasteiger partial charge in [-0.15, -0.1) is 11.6 Å². The lowest BCUT2D eigenvalue weighted by Gasteiger charge is -2.25. The molecule has 1 heterocycles. The molecule has 108 valence electrons. The number of carbonyl (C=O) groups excluding carboxylic acids is 1. The summed E-state index contributed by atoms with van der Waals surface area (Å²) in [5, 5.41) is 0. The lowest BCUT2D eigenvalue weighted by atomic mass is 10.0. The molecule has 0 unspecified atom stereocenters. The number of benzene rings is 1. The number of hydrogen-bond donors (Lipinski definition) is 1. The number of hydrogen-bond acceptors (Lipinski definition) is 3. The molecular weight excluding hydrogens is 278 g/mol. The van der Waals surface area contributed by atoms with E-state index in [0.717, 1.165) is 22.6 Å². The minimum atomic E-state index is -0.870. The van der Waals surface area contributed by atoms with Crippen LogP contribution in [-0.2, 0) is 16.8 Å². The number of methoxy groups -OCH3 is 1. The predicted octanol–water partition coefficient (Wildman–Crippen LogP) is 2.05. The third kappa shape index (κ3) is 2.33. The second-order valence-corrected chi connectivity index (χ2v) is 5.46. The van der Waals surface area contributed by atoms with Crippen LogP contribution in [0.2, 0.25) is 0 Å². The number of primary amides is 1. The quantitative estimate of drug-likeness (QED) is 0.858. The van der Waals surface area contributed by atoms with Gasteiger partial charge in [-0.2, -0.15) is 0 Å². The summed E-state index contributed by atoms with van der Waals surface area (Å²) < 4.78 is 7.05. The highest BCUT2D eigenvalue weighted by molar-refractivity contribution is 6.17. The Hall–Kier alpha value is -1.75. The zero-order valence-corrected chi connectivity index (χ0v) is 12.6. The Morgan fingerprint density at radius 2 is 2.20 bits per heavy atom. The average molecular weight is 296 g/mol. The molecular formula is C14H18ClN3O2. The Balaban J connectivity index is 2.72. The molecule has 6 heteroatoms. The van der Waals surface area contributed by atoms with E-state index in [2.05, 4.69) is 4.98 Å². The zero-order chi connectivity index (χ0) is 14.9. The van der Waals surface area contributed by atoms with Gasteiger partial charge < -0.3 is 15.0 Å². The van der Waals surface area contributed by atoms with Crippen LogP contribution in [-0.4, -0.2) is 28.4 Å². The third-order valence-corrected chi connectivity index (χ3v) is 3.60. The lowest BCUT2D eigenvalue weighted by molar-refractivity contribution is -0.125. The SMILES string of the molecule is COc1ccc2c(c1)nc(CCCl)n2C(C)(C)C(N)=O. The van der Waals surface area contributed by atoms with Crippen LogP contribution in [0.1, 0.15) is 19.7 Å². The van der Waals surface area contributed by atoms with Crippen molar-refractivity contribution in [1.29, 1.82) is 0 Å². The molecule has 0 aliphatic heterocycles. The first-order valence-electron chi connectivity index (χ1n) is 6.33. The Morgan fingerprint density at radius 1 is 1.50 bits per heavy atom. The fourth-order valence-electron chi connectivity index (χ4n) is 2.22. The molecule has 0 radical (unpaired) electrons. The smallest absolute Gasteiger partial charge is 0.243 e. The fourth-order valence-corrected chi connectivity index (χ4v) is 2.39. The van der Waals surface area contributed by atoms with E-state index in [4.69, 9.17) is 22.1 Å². The molecule has 2 N–H and O–H groups in total. The van der Waals surface area contributed by atoms with E-state index in [9.17, 15) is 4.79 Å². The van der Waals surface area contributed by atoms with E-state index in [1.807, 2.05) is 22.8 Å². The van der Waals surface area contributed by atoms with Gasteiger partial charge in [0.25, 0.3) is 0 Å². The van der Waals surface area contributed by atoms with Crippen LogP contribution in [0.15, 0.2) is 18.2 Å². The second kappa shape index (κ2) is 5.32. The van der Waals surface area contributed by atoms with Crippen molar-refractivity contribution >= 4 is 28.5 Å². The molecule has 0 aliphatic carbocycles. The van der Waals surface area contributed by atoms with E-state index in [1.54, 1.807) is 21.0 Å². The number of nitrogens with two attached hydrogens (primary N) is 1. The van der Waals surface area contributed by atoms with Crippen molar-refractivity contribution in [3.05, 3.63) is 24.0 Å². The maximum atomic E-state index is 11.8. The highest BCUT2D eigenvalue weighted by atomic mass is 35.5. The molecule has 0 saturated carbocycles. The van der Waals surface area contributed by atoms with Crippen molar-refractivity contribution in [2.75, 3.05) is 13.0 Å². The van der Waals surface area contributed by atoms with Gasteiger partial charge in [-0.1, -0.05) is 0 Å². The van der Waals surface area contributed by atoms with Gasteiger partial charge in [0.2, 0.25) is 5.91 Å². The minimum absolute atomic E-state index is 0.413. The van der Waals surface area contributed by atoms with E-state index in [-0.39, 0.29) is 0 Å². The van der Waals surface area contributed by atoms with Gasteiger partial charge in [-0.3, -0.25) is 4.79 Å². The van der Waals surface area contributed by atoms with Crippen molar-refractivity contribution in [2.24, 2.45) is 5.73 Å². The maximum Gasteiger partial charge on any atom is 0.243 e. The summed E-state index contributed by atoms with van der Waals surface area (Å²) in [4.78, 5) is 16.3. The molecule has 1 amide bonds. The molecule has 0 bridgehead atoms. The molecule has 2 aromatic rings. The molecule has 1 aromatic carbocycles. The number of alkyl halides is 1. The predicted molar refractivity (Wildman–Crippen MR) is 79.2 cm³/mol. The summed E-state index contributed by atoms with van der Waals surface area (Å²) in [6.07, 6.45) is 0.565. The second-order valence-electron chi connectivity index (χ2n) is 5.08. The minimum Gasteiger partial charge on any atom is -0.497 e. The molecule has 0 atom stereocenters. The summed E-state index contributed by atoms with van der Waals surface area (Å²) in [6, 6.07) is 5.55. The summed E-state index contributed by atoms with van der Waals surface area (Å²) in [7, 11) is 1.60. The van der Waals surface area contributed by atoms with E-state index >= 15 is 0 Å². The molecule has 0 saturated heterocycles. The standard InChI is InChI=1S/C14H18ClN3O2/c1-14(2,13(16)19)18-11-5-4-9(20-3)8-10(11)17-12(18)6-7-15/h4-5,8H,6-7H2,1-3H3,(H2,16,19). The molecule has 1 aromatic heterocycles. The first-order chi connectivity index (χ1) is 9.41. The number of nitrogens with zero attached hydrogens (tertiary/aromatic N) is 2. The maximum absolute atomic E-state index is 11.8. The van der Waals surface area contributed by atoms with Gasteiger partial charge in [0.05, 0.1) is 18.1 Å². The van der Waals surface area contributed by atoms with E-state index < -0.39 is 11.4 Å². The molecule has 2 rings (SSSR count).